The number of likely N-dealkylation sites (tertiary alicyclic amines) is 1. The number of alkyl halides is 1. The van der Waals surface area contributed by atoms with E-state index in [1.807, 2.05) is 61.6 Å². The van der Waals surface area contributed by atoms with Crippen LogP contribution >= 0.6 is 0 Å². The number of halogens is 1. The Balaban J connectivity index is 1.27. The normalized spacial score (nSPS) is 20.5. The first kappa shape index (κ1) is 24.6. The smallest absolute Gasteiger partial charge is 0.410 e. The number of benzene rings is 1. The molecule has 0 spiro atoms. The molecule has 4 heterocycles. The third-order valence-electron chi connectivity index (χ3n) is 7.08. The van der Waals surface area contributed by atoms with E-state index in [1.54, 1.807) is 4.90 Å². The van der Waals surface area contributed by atoms with E-state index in [0.29, 0.717) is 41.7 Å². The number of nitrogens with zero attached hydrogens (tertiary/aromatic N) is 5. The summed E-state index contributed by atoms with van der Waals surface area (Å²) in [5.74, 6) is 1.78. The van der Waals surface area contributed by atoms with Crippen LogP contribution in [-0.4, -0.2) is 61.5 Å². The van der Waals surface area contributed by atoms with Crippen LogP contribution in [0.25, 0.3) is 28.1 Å². The summed E-state index contributed by atoms with van der Waals surface area (Å²) >= 11 is 0. The number of hydrogen-bond donors (Lipinski definition) is 0. The van der Waals surface area contributed by atoms with Gasteiger partial charge in [-0.3, -0.25) is 4.40 Å². The molecule has 0 N–H and O–H groups in total. The molecular formula is C29H32FN5O3. The van der Waals surface area contributed by atoms with Gasteiger partial charge in [0, 0.05) is 31.1 Å². The lowest BCUT2D eigenvalue weighted by atomic mass is 10.1. The third kappa shape index (κ3) is 5.01. The molecule has 0 radical (unpaired) electrons. The summed E-state index contributed by atoms with van der Waals surface area (Å²) < 4.78 is 28.9. The molecule has 8 nitrogen and oxygen atoms in total. The highest BCUT2D eigenvalue weighted by Crippen LogP contribution is 2.40. The van der Waals surface area contributed by atoms with Crippen LogP contribution in [0.5, 0.6) is 5.75 Å². The predicted molar refractivity (Wildman–Crippen MR) is 142 cm³/mol. The largest absolute Gasteiger partial charge is 0.485 e. The van der Waals surface area contributed by atoms with E-state index in [9.17, 15) is 4.79 Å². The Labute approximate surface area is 220 Å². The van der Waals surface area contributed by atoms with Gasteiger partial charge >= 0.3 is 6.09 Å². The Morgan fingerprint density at radius 2 is 1.82 bits per heavy atom. The van der Waals surface area contributed by atoms with Crippen LogP contribution in [0.4, 0.5) is 9.18 Å². The zero-order valence-electron chi connectivity index (χ0n) is 21.9. The van der Waals surface area contributed by atoms with Crippen LogP contribution in [-0.2, 0) is 4.74 Å². The average molecular weight is 518 g/mol. The van der Waals surface area contributed by atoms with Crippen LogP contribution in [0.2, 0.25) is 0 Å². The maximum absolute atomic E-state index is 15.2. The molecule has 6 rings (SSSR count). The lowest BCUT2D eigenvalue weighted by Gasteiger charge is -2.26. The Morgan fingerprint density at radius 3 is 2.61 bits per heavy atom. The molecule has 4 aromatic rings. The zero-order valence-corrected chi connectivity index (χ0v) is 21.9. The van der Waals surface area contributed by atoms with Crippen LogP contribution in [0.3, 0.4) is 0 Å². The molecule has 1 aromatic carbocycles. The van der Waals surface area contributed by atoms with Gasteiger partial charge in [-0.15, -0.1) is 10.2 Å². The number of aromatic nitrogens is 4. The second kappa shape index (κ2) is 9.53. The molecule has 3 aromatic heterocycles. The van der Waals surface area contributed by atoms with Gasteiger partial charge in [0.1, 0.15) is 34.8 Å². The minimum absolute atomic E-state index is 0.183. The highest BCUT2D eigenvalue weighted by Gasteiger charge is 2.32. The molecule has 2 unspecified atom stereocenters. The van der Waals surface area contributed by atoms with Crippen LogP contribution in [0, 0.1) is 0 Å². The monoisotopic (exact) mass is 517 g/mol. The predicted octanol–water partition coefficient (Wildman–Crippen LogP) is 5.94. The molecule has 1 amide bonds. The molecule has 1 saturated carbocycles. The molecule has 9 heteroatoms. The van der Waals surface area contributed by atoms with E-state index < -0.39 is 24.0 Å². The second-order valence-corrected chi connectivity index (χ2v) is 11.2. The molecular weight excluding hydrogens is 485 g/mol. The Morgan fingerprint density at radius 1 is 1.00 bits per heavy atom. The van der Waals surface area contributed by atoms with Crippen molar-refractivity contribution in [3.63, 3.8) is 0 Å². The van der Waals surface area contributed by atoms with E-state index in [-0.39, 0.29) is 13.0 Å². The molecule has 1 aliphatic carbocycles. The van der Waals surface area contributed by atoms with E-state index in [0.717, 1.165) is 11.0 Å². The van der Waals surface area contributed by atoms with Crippen molar-refractivity contribution in [3.05, 3.63) is 54.2 Å². The average Bonchev–Trinajstić information content (AvgIpc) is 3.67. The summed E-state index contributed by atoms with van der Waals surface area (Å²) in [6, 6.07) is 13.7. The molecule has 2 atom stereocenters. The van der Waals surface area contributed by atoms with Crippen molar-refractivity contribution in [3.8, 4) is 17.3 Å². The standard InChI is InChI=1S/C29H32FN5O3/c1-29(2,3)38-28(36)34-15-13-21(30)23(14-16-34)37-24-6-4-5-19-9-11-22(31-26(19)24)27-33-32-25-12-10-20(17-35(25)27)18-7-8-18/h4-6,9-12,17-18,21,23H,7-8,13-16H2,1-3H3. The number of carbonyl (C=O) groups is 1. The van der Waals surface area contributed by atoms with Gasteiger partial charge in [0.15, 0.2) is 11.5 Å². The van der Waals surface area contributed by atoms with Gasteiger partial charge in [-0.2, -0.15) is 0 Å². The van der Waals surface area contributed by atoms with Crippen LogP contribution < -0.4 is 4.74 Å². The number of para-hydroxylation sites is 1. The number of ether oxygens (including phenoxy) is 2. The van der Waals surface area contributed by atoms with E-state index >= 15 is 4.39 Å². The van der Waals surface area contributed by atoms with E-state index in [4.69, 9.17) is 14.5 Å². The molecule has 2 fully saturated rings. The van der Waals surface area contributed by atoms with Gasteiger partial charge in [0.25, 0.3) is 0 Å². The molecule has 2 aliphatic rings. The van der Waals surface area contributed by atoms with Crippen molar-refractivity contribution in [2.24, 2.45) is 0 Å². The first-order chi connectivity index (χ1) is 18.2. The van der Waals surface area contributed by atoms with Crippen molar-refractivity contribution in [2.75, 3.05) is 13.1 Å². The van der Waals surface area contributed by atoms with Crippen molar-refractivity contribution >= 4 is 22.6 Å². The first-order valence-corrected chi connectivity index (χ1v) is 13.3. The molecule has 0 bridgehead atoms. The second-order valence-electron chi connectivity index (χ2n) is 11.2. The minimum atomic E-state index is -1.22. The maximum atomic E-state index is 15.2. The summed E-state index contributed by atoms with van der Waals surface area (Å²) in [4.78, 5) is 19.0. The SMILES string of the molecule is CC(C)(C)OC(=O)N1CCC(F)C(Oc2cccc3ccc(-c4nnc5ccc(C6CC6)cn45)nc23)CC1. The minimum Gasteiger partial charge on any atom is -0.485 e. The Kier molecular flexibility index (Phi) is 6.16. The zero-order chi connectivity index (χ0) is 26.4. The highest BCUT2D eigenvalue weighted by atomic mass is 19.1. The first-order valence-electron chi connectivity index (χ1n) is 13.3. The number of rotatable bonds is 4. The van der Waals surface area contributed by atoms with Gasteiger partial charge in [0.2, 0.25) is 0 Å². The quantitative estimate of drug-likeness (QED) is 0.333. The van der Waals surface area contributed by atoms with Crippen molar-refractivity contribution in [1.82, 2.24) is 24.5 Å². The van der Waals surface area contributed by atoms with Gasteiger partial charge in [-0.05, 0) is 69.7 Å². The van der Waals surface area contributed by atoms with E-state index in [2.05, 4.69) is 22.5 Å². The summed E-state index contributed by atoms with van der Waals surface area (Å²) in [7, 11) is 0. The van der Waals surface area contributed by atoms with Crippen molar-refractivity contribution in [2.45, 2.75) is 70.2 Å². The van der Waals surface area contributed by atoms with Gasteiger partial charge < -0.3 is 14.4 Å². The summed E-state index contributed by atoms with van der Waals surface area (Å²) in [6.45, 7) is 6.11. The number of amides is 1. The lowest BCUT2D eigenvalue weighted by Crippen LogP contribution is -2.37. The number of pyridine rings is 2. The summed E-state index contributed by atoms with van der Waals surface area (Å²) in [6.07, 6.45) is 2.72. The van der Waals surface area contributed by atoms with Crippen LogP contribution in [0.1, 0.15) is 57.9 Å². The maximum Gasteiger partial charge on any atom is 0.410 e. The van der Waals surface area contributed by atoms with E-state index in [1.165, 1.54) is 18.4 Å². The molecule has 38 heavy (non-hydrogen) atoms. The van der Waals surface area contributed by atoms with Gasteiger partial charge in [-0.1, -0.05) is 24.3 Å². The number of hydrogen-bond acceptors (Lipinski definition) is 6. The van der Waals surface area contributed by atoms with Gasteiger partial charge in [-0.25, -0.2) is 14.2 Å². The topological polar surface area (TPSA) is 81.8 Å². The highest BCUT2D eigenvalue weighted by molar-refractivity contribution is 5.86. The fourth-order valence-corrected chi connectivity index (χ4v) is 4.93. The lowest BCUT2D eigenvalue weighted by molar-refractivity contribution is 0.0252. The fraction of sp³-hybridized carbons (Fsp3) is 0.448. The summed E-state index contributed by atoms with van der Waals surface area (Å²) in [5, 5.41) is 9.63. The van der Waals surface area contributed by atoms with Crippen LogP contribution in [0.15, 0.2) is 48.7 Å². The fourth-order valence-electron chi connectivity index (χ4n) is 4.93. The van der Waals surface area contributed by atoms with Crippen molar-refractivity contribution in [1.29, 1.82) is 0 Å². The third-order valence-corrected chi connectivity index (χ3v) is 7.08. The van der Waals surface area contributed by atoms with Crippen molar-refractivity contribution < 1.29 is 18.7 Å². The number of carbonyl (C=O) groups excluding carboxylic acids is 1. The van der Waals surface area contributed by atoms with Gasteiger partial charge in [0.05, 0.1) is 0 Å². The number of fused-ring (bicyclic) bond motifs is 2. The molecule has 1 saturated heterocycles. The Hall–Kier alpha value is -3.75. The molecule has 1 aliphatic heterocycles. The molecule has 198 valence electrons. The Bertz CT molecular complexity index is 1490. The summed E-state index contributed by atoms with van der Waals surface area (Å²) in [5.41, 5.74) is 2.76.